The Bertz CT molecular complexity index is 526. The van der Waals surface area contributed by atoms with Crippen molar-refractivity contribution in [1.29, 1.82) is 0 Å². The number of benzene rings is 1. The summed E-state index contributed by atoms with van der Waals surface area (Å²) in [5, 5.41) is 0. The van der Waals surface area contributed by atoms with E-state index in [1.807, 2.05) is 0 Å². The molecule has 0 N–H and O–H groups in total. The van der Waals surface area contributed by atoms with Crippen LogP contribution in [-0.4, -0.2) is 8.42 Å². The van der Waals surface area contributed by atoms with Gasteiger partial charge in [-0.3, -0.25) is 0 Å². The second-order valence-corrected chi connectivity index (χ2v) is 6.00. The Labute approximate surface area is 101 Å². The van der Waals surface area contributed by atoms with Crippen LogP contribution in [0.2, 0.25) is 0 Å². The van der Waals surface area contributed by atoms with Gasteiger partial charge >= 0.3 is 6.18 Å². The first-order chi connectivity index (χ1) is 7.05. The van der Waals surface area contributed by atoms with Crippen LogP contribution in [0.25, 0.3) is 0 Å². The van der Waals surface area contributed by atoms with Crippen molar-refractivity contribution in [3.63, 3.8) is 0 Å². The molecule has 0 saturated carbocycles. The van der Waals surface area contributed by atoms with Crippen molar-refractivity contribution in [2.75, 3.05) is 0 Å². The van der Waals surface area contributed by atoms with Crippen LogP contribution in [0.3, 0.4) is 0 Å². The van der Waals surface area contributed by atoms with Gasteiger partial charge < -0.3 is 0 Å². The van der Waals surface area contributed by atoms with Crippen LogP contribution >= 0.6 is 26.6 Å². The molecule has 0 aliphatic rings. The van der Waals surface area contributed by atoms with Crippen molar-refractivity contribution in [3.8, 4) is 0 Å². The lowest BCUT2D eigenvalue weighted by Gasteiger charge is -2.10. The van der Waals surface area contributed by atoms with E-state index in [4.69, 9.17) is 10.7 Å². The maximum absolute atomic E-state index is 13.3. The molecular formula is C7H2BrClF4O2S. The number of rotatable bonds is 1. The highest BCUT2D eigenvalue weighted by Crippen LogP contribution is 2.38. The monoisotopic (exact) mass is 340 g/mol. The van der Waals surface area contributed by atoms with Crippen LogP contribution in [0.5, 0.6) is 0 Å². The molecule has 0 bridgehead atoms. The van der Waals surface area contributed by atoms with E-state index in [1.54, 1.807) is 0 Å². The van der Waals surface area contributed by atoms with E-state index >= 15 is 0 Å². The summed E-state index contributed by atoms with van der Waals surface area (Å²) in [4.78, 5) is -1.01. The highest BCUT2D eigenvalue weighted by Gasteiger charge is 2.35. The predicted molar refractivity (Wildman–Crippen MR) is 52.1 cm³/mol. The van der Waals surface area contributed by atoms with Crippen LogP contribution < -0.4 is 0 Å². The zero-order chi connectivity index (χ0) is 12.7. The van der Waals surface area contributed by atoms with E-state index in [9.17, 15) is 26.0 Å². The Morgan fingerprint density at radius 2 is 1.75 bits per heavy atom. The van der Waals surface area contributed by atoms with Crippen LogP contribution in [0.4, 0.5) is 17.6 Å². The molecule has 0 radical (unpaired) electrons. The first kappa shape index (κ1) is 13.7. The number of halogens is 6. The summed E-state index contributed by atoms with van der Waals surface area (Å²) < 4.78 is 70.7. The van der Waals surface area contributed by atoms with Gasteiger partial charge in [0, 0.05) is 10.7 Å². The maximum Gasteiger partial charge on any atom is 0.417 e. The Balaban J connectivity index is 3.54. The largest absolute Gasteiger partial charge is 0.417 e. The van der Waals surface area contributed by atoms with Crippen LogP contribution in [0.15, 0.2) is 21.5 Å². The van der Waals surface area contributed by atoms with Gasteiger partial charge in [0.1, 0.15) is 4.90 Å². The lowest BCUT2D eigenvalue weighted by molar-refractivity contribution is -0.138. The Morgan fingerprint density at radius 1 is 1.25 bits per heavy atom. The summed E-state index contributed by atoms with van der Waals surface area (Å²) in [6.07, 6.45) is -4.78. The van der Waals surface area contributed by atoms with Crippen LogP contribution in [-0.2, 0) is 15.2 Å². The minimum absolute atomic E-state index is 0.433. The minimum atomic E-state index is -4.78. The van der Waals surface area contributed by atoms with Crippen molar-refractivity contribution < 1.29 is 26.0 Å². The number of hydrogen-bond donors (Lipinski definition) is 0. The molecule has 1 rings (SSSR count). The molecule has 0 aliphatic heterocycles. The first-order valence-corrected chi connectivity index (χ1v) is 6.65. The fraction of sp³-hybridized carbons (Fsp3) is 0.143. The smallest absolute Gasteiger partial charge is 0.207 e. The summed E-state index contributed by atoms with van der Waals surface area (Å²) in [5.41, 5.74) is -1.31. The zero-order valence-corrected chi connectivity index (χ0v) is 10.3. The molecule has 0 atom stereocenters. The topological polar surface area (TPSA) is 34.1 Å². The molecule has 0 spiro atoms. The summed E-state index contributed by atoms with van der Waals surface area (Å²) >= 11 is 2.34. The molecule has 0 aliphatic carbocycles. The van der Waals surface area contributed by atoms with Gasteiger partial charge in [0.15, 0.2) is 5.82 Å². The number of hydrogen-bond acceptors (Lipinski definition) is 2. The fourth-order valence-electron chi connectivity index (χ4n) is 0.939. The highest BCUT2D eigenvalue weighted by atomic mass is 79.9. The third-order valence-corrected chi connectivity index (χ3v) is 3.73. The maximum atomic E-state index is 13.3. The van der Waals surface area contributed by atoms with E-state index in [-0.39, 0.29) is 0 Å². The van der Waals surface area contributed by atoms with E-state index in [0.29, 0.717) is 12.1 Å². The Morgan fingerprint density at radius 3 is 2.12 bits per heavy atom. The molecule has 1 aromatic rings. The lowest BCUT2D eigenvalue weighted by Crippen LogP contribution is -2.09. The third kappa shape index (κ3) is 2.67. The van der Waals surface area contributed by atoms with Gasteiger partial charge in [-0.25, -0.2) is 12.8 Å². The van der Waals surface area contributed by atoms with E-state index in [2.05, 4.69) is 15.9 Å². The molecule has 2 nitrogen and oxygen atoms in total. The first-order valence-electron chi connectivity index (χ1n) is 3.55. The van der Waals surface area contributed by atoms with Crippen LogP contribution in [0.1, 0.15) is 5.56 Å². The standard InChI is InChI=1S/C7H2BrClF4O2S/c8-5-3(7(11,12)13)1-2-4(6(5)10)16(9,14)15/h1-2H. The summed E-state index contributed by atoms with van der Waals surface area (Å²) in [7, 11) is 0.414. The molecule has 16 heavy (non-hydrogen) atoms. The van der Waals surface area contributed by atoms with Crippen molar-refractivity contribution >= 4 is 35.7 Å². The average Bonchev–Trinajstić information content (AvgIpc) is 2.05. The third-order valence-electron chi connectivity index (χ3n) is 1.61. The van der Waals surface area contributed by atoms with Crippen LogP contribution in [0, 0.1) is 5.82 Å². The summed E-state index contributed by atoms with van der Waals surface area (Å²) in [6, 6.07) is 0.897. The van der Waals surface area contributed by atoms with E-state index < -0.39 is 36.0 Å². The van der Waals surface area contributed by atoms with Gasteiger partial charge in [0.2, 0.25) is 0 Å². The predicted octanol–water partition coefficient (Wildman–Crippen LogP) is 3.53. The van der Waals surface area contributed by atoms with Gasteiger partial charge in [-0.1, -0.05) is 0 Å². The molecule has 0 aromatic heterocycles. The average molecular weight is 342 g/mol. The van der Waals surface area contributed by atoms with Crippen molar-refractivity contribution in [3.05, 3.63) is 28.0 Å². The Kier molecular flexibility index (Phi) is 3.56. The second-order valence-electron chi connectivity index (χ2n) is 2.67. The number of alkyl halides is 3. The second kappa shape index (κ2) is 4.15. The minimum Gasteiger partial charge on any atom is -0.207 e. The molecule has 0 unspecified atom stereocenters. The molecular weight excluding hydrogens is 339 g/mol. The quantitative estimate of drug-likeness (QED) is 0.578. The van der Waals surface area contributed by atoms with Gasteiger partial charge in [-0.05, 0) is 28.1 Å². The zero-order valence-electron chi connectivity index (χ0n) is 7.15. The SMILES string of the molecule is O=S(=O)(Cl)c1ccc(C(F)(F)F)c(Br)c1F. The Hall–Kier alpha value is -0.340. The van der Waals surface area contributed by atoms with Gasteiger partial charge in [-0.2, -0.15) is 13.2 Å². The molecule has 0 heterocycles. The molecule has 0 fully saturated rings. The summed E-state index contributed by atoms with van der Waals surface area (Å²) in [6.45, 7) is 0. The molecule has 1 aromatic carbocycles. The molecule has 0 saturated heterocycles. The molecule has 0 amide bonds. The van der Waals surface area contributed by atoms with Gasteiger partial charge in [-0.15, -0.1) is 0 Å². The van der Waals surface area contributed by atoms with E-state index in [0.717, 1.165) is 0 Å². The van der Waals surface area contributed by atoms with Gasteiger partial charge in [0.05, 0.1) is 10.0 Å². The summed E-state index contributed by atoms with van der Waals surface area (Å²) in [5.74, 6) is -1.56. The van der Waals surface area contributed by atoms with E-state index in [1.165, 1.54) is 0 Å². The van der Waals surface area contributed by atoms with Crippen molar-refractivity contribution in [2.24, 2.45) is 0 Å². The highest BCUT2D eigenvalue weighted by molar-refractivity contribution is 9.10. The van der Waals surface area contributed by atoms with Crippen molar-refractivity contribution in [1.82, 2.24) is 0 Å². The molecule has 90 valence electrons. The van der Waals surface area contributed by atoms with Gasteiger partial charge in [0.25, 0.3) is 9.05 Å². The molecule has 9 heteroatoms. The van der Waals surface area contributed by atoms with Crippen molar-refractivity contribution in [2.45, 2.75) is 11.1 Å². The lowest BCUT2D eigenvalue weighted by atomic mass is 10.2. The normalized spacial score (nSPS) is 12.9. The fourth-order valence-corrected chi connectivity index (χ4v) is 2.54.